The third-order valence-electron chi connectivity index (χ3n) is 6.33. The smallest absolute Gasteiger partial charge is 0.382 e. The minimum atomic E-state index is -4.73. The molecule has 1 atom stereocenters. The van der Waals surface area contributed by atoms with Gasteiger partial charge >= 0.3 is 6.18 Å². The van der Waals surface area contributed by atoms with Gasteiger partial charge in [0, 0.05) is 30.1 Å². The second kappa shape index (κ2) is 9.80. The summed E-state index contributed by atoms with van der Waals surface area (Å²) < 4.78 is 42.9. The first-order valence-corrected chi connectivity index (χ1v) is 12.8. The van der Waals surface area contributed by atoms with Gasteiger partial charge in [0.1, 0.15) is 15.4 Å². The molecule has 2 amide bonds. The van der Waals surface area contributed by atoms with Crippen LogP contribution in [0.2, 0.25) is 0 Å². The minimum Gasteiger partial charge on any atom is -0.382 e. The van der Waals surface area contributed by atoms with Gasteiger partial charge in [0.05, 0.1) is 17.1 Å². The standard InChI is InChI=1S/C26H23F3N6O3S/c1-4-35-11-16(13(3)33-35)17-10-18(38-34-17)24(37)32-21-20-15(14-7-5-12(2)6-8-14)9-19(26(27,28)29)31-25(20)39-22(21)23(30)36/h5-9,11,18H,4,10H2,1-3H3,(H2,30,36)(H,32,37). The van der Waals surface area contributed by atoms with Gasteiger partial charge in [0.15, 0.2) is 0 Å². The number of halogens is 3. The van der Waals surface area contributed by atoms with Crippen molar-refractivity contribution in [1.82, 2.24) is 14.8 Å². The molecule has 3 aromatic heterocycles. The second-order valence-corrected chi connectivity index (χ2v) is 10.1. The number of aromatic nitrogens is 3. The molecule has 0 radical (unpaired) electrons. The number of carbonyl (C=O) groups excluding carboxylic acids is 2. The molecule has 4 aromatic rings. The summed E-state index contributed by atoms with van der Waals surface area (Å²) in [6, 6.07) is 7.74. The number of nitrogens with two attached hydrogens (primary N) is 1. The van der Waals surface area contributed by atoms with Crippen LogP contribution in [-0.4, -0.2) is 38.4 Å². The van der Waals surface area contributed by atoms with E-state index in [9.17, 15) is 22.8 Å². The molecule has 3 N–H and O–H groups in total. The van der Waals surface area contributed by atoms with Crippen molar-refractivity contribution >= 4 is 44.8 Å². The second-order valence-electron chi connectivity index (χ2n) is 9.08. The molecule has 0 spiro atoms. The van der Waals surface area contributed by atoms with Crippen molar-refractivity contribution in [1.29, 1.82) is 0 Å². The van der Waals surface area contributed by atoms with Gasteiger partial charge in [-0.25, -0.2) is 4.98 Å². The Morgan fingerprint density at radius 3 is 2.54 bits per heavy atom. The lowest BCUT2D eigenvalue weighted by Crippen LogP contribution is -2.29. The monoisotopic (exact) mass is 556 g/mol. The van der Waals surface area contributed by atoms with Crippen molar-refractivity contribution in [2.24, 2.45) is 10.9 Å². The summed E-state index contributed by atoms with van der Waals surface area (Å²) in [7, 11) is 0. The maximum absolute atomic E-state index is 13.7. The fourth-order valence-corrected chi connectivity index (χ4v) is 5.35. The molecule has 0 bridgehead atoms. The molecule has 1 aliphatic heterocycles. The molecule has 1 aliphatic rings. The number of nitrogens with zero attached hydrogens (tertiary/aromatic N) is 4. The number of anilines is 1. The van der Waals surface area contributed by atoms with Crippen LogP contribution in [0.4, 0.5) is 18.9 Å². The van der Waals surface area contributed by atoms with Crippen LogP contribution in [0.1, 0.15) is 45.5 Å². The maximum atomic E-state index is 13.7. The first-order valence-electron chi connectivity index (χ1n) is 12.0. The average molecular weight is 557 g/mol. The highest BCUT2D eigenvalue weighted by Gasteiger charge is 2.36. The van der Waals surface area contributed by atoms with Crippen LogP contribution >= 0.6 is 11.3 Å². The van der Waals surface area contributed by atoms with Crippen LogP contribution in [0.3, 0.4) is 0 Å². The number of benzene rings is 1. The lowest BCUT2D eigenvalue weighted by Gasteiger charge is -2.14. The molecule has 0 saturated heterocycles. The van der Waals surface area contributed by atoms with E-state index >= 15 is 0 Å². The number of rotatable bonds is 6. The lowest BCUT2D eigenvalue weighted by molar-refractivity contribution is -0.140. The van der Waals surface area contributed by atoms with Crippen LogP contribution in [0.5, 0.6) is 0 Å². The number of pyridine rings is 1. The largest absolute Gasteiger partial charge is 0.433 e. The van der Waals surface area contributed by atoms with E-state index in [0.29, 0.717) is 29.2 Å². The van der Waals surface area contributed by atoms with Gasteiger partial charge in [-0.05, 0) is 38.0 Å². The number of alkyl halides is 3. The number of hydrogen-bond acceptors (Lipinski definition) is 7. The molecule has 0 aliphatic carbocycles. The Morgan fingerprint density at radius 1 is 1.21 bits per heavy atom. The van der Waals surface area contributed by atoms with Gasteiger partial charge in [0.2, 0.25) is 6.10 Å². The highest BCUT2D eigenvalue weighted by molar-refractivity contribution is 7.21. The molecule has 9 nitrogen and oxygen atoms in total. The predicted molar refractivity (Wildman–Crippen MR) is 141 cm³/mol. The Balaban J connectivity index is 1.55. The highest BCUT2D eigenvalue weighted by atomic mass is 32.1. The minimum absolute atomic E-state index is 0.0173. The molecule has 4 heterocycles. The Kier molecular flexibility index (Phi) is 6.62. The van der Waals surface area contributed by atoms with E-state index < -0.39 is 29.8 Å². The van der Waals surface area contributed by atoms with Crippen molar-refractivity contribution in [3.63, 3.8) is 0 Å². The van der Waals surface area contributed by atoms with Crippen molar-refractivity contribution in [2.75, 3.05) is 5.32 Å². The van der Waals surface area contributed by atoms with E-state index in [1.807, 2.05) is 27.0 Å². The molecule has 13 heteroatoms. The molecule has 0 fully saturated rings. The molecule has 39 heavy (non-hydrogen) atoms. The molecule has 5 rings (SSSR count). The topological polar surface area (TPSA) is 124 Å². The Hall–Kier alpha value is -4.26. The predicted octanol–water partition coefficient (Wildman–Crippen LogP) is 5.05. The van der Waals surface area contributed by atoms with Gasteiger partial charge in [-0.15, -0.1) is 11.3 Å². The van der Waals surface area contributed by atoms with E-state index in [1.54, 1.807) is 28.9 Å². The average Bonchev–Trinajstić information content (AvgIpc) is 3.60. The lowest BCUT2D eigenvalue weighted by atomic mass is 9.99. The number of nitrogens with one attached hydrogen (secondary N) is 1. The first kappa shape index (κ1) is 26.4. The van der Waals surface area contributed by atoms with Crippen LogP contribution in [0, 0.1) is 13.8 Å². The molecule has 1 aromatic carbocycles. The third-order valence-corrected chi connectivity index (χ3v) is 7.43. The van der Waals surface area contributed by atoms with Gasteiger partial charge in [-0.1, -0.05) is 35.0 Å². The van der Waals surface area contributed by atoms with Crippen LogP contribution in [0.15, 0.2) is 41.7 Å². The van der Waals surface area contributed by atoms with Crippen LogP contribution in [0.25, 0.3) is 21.3 Å². The van der Waals surface area contributed by atoms with Gasteiger partial charge < -0.3 is 15.9 Å². The highest BCUT2D eigenvalue weighted by Crippen LogP contribution is 2.44. The number of thiophene rings is 1. The number of amides is 2. The van der Waals surface area contributed by atoms with E-state index in [-0.39, 0.29) is 32.8 Å². The maximum Gasteiger partial charge on any atom is 0.433 e. The van der Waals surface area contributed by atoms with E-state index in [1.165, 1.54) is 0 Å². The van der Waals surface area contributed by atoms with Crippen molar-refractivity contribution in [3.05, 3.63) is 63.9 Å². The Labute approximate surface area is 224 Å². The number of aryl methyl sites for hydroxylation is 3. The molecular weight excluding hydrogens is 533 g/mol. The first-order chi connectivity index (χ1) is 18.5. The fraction of sp³-hybridized carbons (Fsp3) is 0.269. The van der Waals surface area contributed by atoms with E-state index in [2.05, 4.69) is 20.6 Å². The Bertz CT molecular complexity index is 1640. The summed E-state index contributed by atoms with van der Waals surface area (Å²) in [4.78, 5) is 34.6. The Morgan fingerprint density at radius 2 is 1.92 bits per heavy atom. The van der Waals surface area contributed by atoms with Gasteiger partial charge in [-0.3, -0.25) is 14.3 Å². The third kappa shape index (κ3) is 4.97. The summed E-state index contributed by atoms with van der Waals surface area (Å²) in [5.74, 6) is -1.55. The summed E-state index contributed by atoms with van der Waals surface area (Å²) in [5, 5.41) is 11.3. The normalized spacial score (nSPS) is 15.3. The SMILES string of the molecule is CCn1cc(C2=NOC(C(=O)Nc3c(C(N)=O)sc4nc(C(F)(F)F)cc(-c5ccc(C)cc5)c34)C2)c(C)n1. The summed E-state index contributed by atoms with van der Waals surface area (Å²) >= 11 is 0.683. The molecule has 202 valence electrons. The zero-order valence-electron chi connectivity index (χ0n) is 21.1. The van der Waals surface area contributed by atoms with Crippen LogP contribution in [-0.2, 0) is 22.4 Å². The van der Waals surface area contributed by atoms with Crippen LogP contribution < -0.4 is 11.1 Å². The summed E-state index contributed by atoms with van der Waals surface area (Å²) in [5.41, 5.74) is 7.96. The zero-order valence-corrected chi connectivity index (χ0v) is 21.9. The van der Waals surface area contributed by atoms with Crippen molar-refractivity contribution in [3.8, 4) is 11.1 Å². The van der Waals surface area contributed by atoms with Gasteiger partial charge in [0.25, 0.3) is 11.8 Å². The van der Waals surface area contributed by atoms with E-state index in [0.717, 1.165) is 22.9 Å². The van der Waals surface area contributed by atoms with Gasteiger partial charge in [-0.2, -0.15) is 18.3 Å². The molecular formula is C26H23F3N6O3S. The zero-order chi connectivity index (χ0) is 28.1. The molecule has 0 saturated carbocycles. The van der Waals surface area contributed by atoms with E-state index in [4.69, 9.17) is 10.6 Å². The number of primary amides is 1. The number of hydrogen-bond donors (Lipinski definition) is 2. The van der Waals surface area contributed by atoms with Crippen molar-refractivity contribution < 1.29 is 27.6 Å². The fourth-order valence-electron chi connectivity index (χ4n) is 4.34. The summed E-state index contributed by atoms with van der Waals surface area (Å²) in [6.07, 6.45) is -3.82. The number of carbonyl (C=O) groups is 2. The number of fused-ring (bicyclic) bond motifs is 1. The van der Waals surface area contributed by atoms with Crippen molar-refractivity contribution in [2.45, 2.75) is 46.0 Å². The summed E-state index contributed by atoms with van der Waals surface area (Å²) in [6.45, 7) is 6.27. The number of oxime groups is 1. The molecule has 1 unspecified atom stereocenters. The quantitative estimate of drug-likeness (QED) is 0.344.